The number of carbonyl (C=O) groups is 5. The highest BCUT2D eigenvalue weighted by Gasteiger charge is 2.25. The number of pyridine rings is 5. The number of aldehydes is 1. The summed E-state index contributed by atoms with van der Waals surface area (Å²) in [6, 6.07) is 11.1. The molecule has 0 spiro atoms. The number of primary amides is 1. The fraction of sp³-hybridized carbons (Fsp3) is 0.280. The average Bonchev–Trinajstić information content (AvgIpc) is 4.25. The number of alkyl halides is 3. The highest BCUT2D eigenvalue weighted by molar-refractivity contribution is 14.1. The van der Waals surface area contributed by atoms with E-state index >= 15 is 0 Å². The molecule has 1 amide bonds. The number of nitrogens with zero attached hydrogens (tertiary/aromatic N) is 14. The van der Waals surface area contributed by atoms with Gasteiger partial charge in [0.05, 0.1) is 48.2 Å². The van der Waals surface area contributed by atoms with Gasteiger partial charge in [-0.1, -0.05) is 0 Å². The quantitative estimate of drug-likeness (QED) is 0.0907. The largest absolute Gasteiger partial charge is 0.480 e. The van der Waals surface area contributed by atoms with E-state index in [2.05, 4.69) is 95.4 Å². The van der Waals surface area contributed by atoms with E-state index in [1.165, 1.54) is 44.0 Å². The van der Waals surface area contributed by atoms with Crippen LogP contribution < -0.4 is 5.73 Å². The Morgan fingerprint density at radius 1 is 0.692 bits per heavy atom. The first-order valence-electron chi connectivity index (χ1n) is 22.8. The first-order valence-corrected chi connectivity index (χ1v) is 24.9. The lowest BCUT2D eigenvalue weighted by Gasteiger charge is -2.19. The van der Waals surface area contributed by atoms with Crippen molar-refractivity contribution in [2.45, 2.75) is 91.6 Å². The van der Waals surface area contributed by atoms with E-state index in [1.54, 1.807) is 74.8 Å². The van der Waals surface area contributed by atoms with Crippen LogP contribution in [0.15, 0.2) is 102 Å². The lowest BCUT2D eigenvalue weighted by molar-refractivity contribution is -0.156. The molecule has 78 heavy (non-hydrogen) atoms. The molecule has 0 atom stereocenters. The Kier molecular flexibility index (Phi) is 21.2. The molecule has 10 rings (SSSR count). The average molecular weight is 1300 g/mol. The fourth-order valence-corrected chi connectivity index (χ4v) is 8.11. The van der Waals surface area contributed by atoms with Gasteiger partial charge in [0.1, 0.15) is 44.3 Å². The van der Waals surface area contributed by atoms with Crippen molar-refractivity contribution >= 4 is 118 Å². The predicted octanol–water partition coefficient (Wildman–Crippen LogP) is 7.18. The van der Waals surface area contributed by atoms with Gasteiger partial charge in [0.15, 0.2) is 11.4 Å². The van der Waals surface area contributed by atoms with Gasteiger partial charge in [0, 0.05) is 88.0 Å². The molecule has 8 aromatic heterocycles. The van der Waals surface area contributed by atoms with Gasteiger partial charge in [-0.05, 0) is 117 Å². The Balaban J connectivity index is 0.000000178. The molecule has 3 N–H and O–H groups in total. The number of ether oxygens (including phenoxy) is 2. The number of aliphatic imine (C=N–C) groups is 2. The number of aliphatic carboxylic acids is 1. The molecule has 10 heterocycles. The minimum Gasteiger partial charge on any atom is -0.480 e. The van der Waals surface area contributed by atoms with Crippen LogP contribution >= 0.6 is 45.2 Å². The molecule has 0 unspecified atom stereocenters. The number of halogens is 5. The van der Waals surface area contributed by atoms with Crippen LogP contribution in [0.4, 0.5) is 13.2 Å². The minimum absolute atomic E-state index is 0.0405. The number of esters is 2. The molecular formula is C50H48F3I2N15O8. The fourth-order valence-electron chi connectivity index (χ4n) is 6.70. The Hall–Kier alpha value is -8.21. The van der Waals surface area contributed by atoms with Gasteiger partial charge in [-0.25, -0.2) is 0 Å². The zero-order valence-corrected chi connectivity index (χ0v) is 46.7. The topological polar surface area (TPSA) is 316 Å². The van der Waals surface area contributed by atoms with E-state index in [1.807, 2.05) is 63.6 Å². The smallest absolute Gasteiger partial charge is 0.446 e. The van der Waals surface area contributed by atoms with Crippen molar-refractivity contribution in [2.75, 3.05) is 0 Å². The summed E-state index contributed by atoms with van der Waals surface area (Å²) in [4.78, 5) is 82.2. The molecule has 0 aliphatic carbocycles. The molecule has 406 valence electrons. The number of carbonyl (C=O) groups excluding carboxylic acids is 4. The number of amides is 1. The first kappa shape index (κ1) is 60.7. The number of fused-ring (bicyclic) bond motifs is 5. The van der Waals surface area contributed by atoms with E-state index in [0.29, 0.717) is 21.8 Å². The zero-order chi connectivity index (χ0) is 57.4. The van der Waals surface area contributed by atoms with Crippen molar-refractivity contribution < 1.29 is 51.7 Å². The molecule has 0 bridgehead atoms. The number of nitriles is 1. The number of carboxylic acids is 1. The molecule has 0 aromatic carbocycles. The van der Waals surface area contributed by atoms with Crippen LogP contribution in [-0.4, -0.2) is 117 Å². The van der Waals surface area contributed by atoms with Gasteiger partial charge in [-0.3, -0.25) is 72.9 Å². The van der Waals surface area contributed by atoms with Crippen molar-refractivity contribution in [3.8, 4) is 6.07 Å². The molecule has 0 radical (unpaired) electrons. The Bertz CT molecular complexity index is 3560. The van der Waals surface area contributed by atoms with Crippen LogP contribution in [0.3, 0.4) is 0 Å². The Morgan fingerprint density at radius 3 is 1.68 bits per heavy atom. The van der Waals surface area contributed by atoms with Crippen LogP contribution in [0.1, 0.15) is 80.0 Å². The third-order valence-corrected chi connectivity index (χ3v) is 11.4. The van der Waals surface area contributed by atoms with E-state index in [0.717, 1.165) is 31.4 Å². The van der Waals surface area contributed by atoms with Crippen LogP contribution in [0, 0.1) is 15.0 Å². The van der Waals surface area contributed by atoms with Crippen molar-refractivity contribution in [2.24, 2.45) is 15.7 Å². The van der Waals surface area contributed by atoms with E-state index in [-0.39, 0.29) is 37.0 Å². The SMILES string of the molecule is C1=NCc2cnccc21.CC(C)(C)OC(=O)Cn1nc(C#N)c2ccncc21.CC(C)(C)OC(=O)Cn1nc(I)c2ccncc21.IC1=NCc2cnccc21.NC(=O)c1nn(CC(=O)O)c2cnccc12.O=CC(F)(F)F. The standard InChI is InChI=1S/C13H14N4O2.C12H14IN3O2.C9H8N4O3.C7H5IN2.C7H6N2.C2HF3O/c1-13(2,3)19-12(18)8-17-11-7-15-5-4-9(11)10(6-14)16-17;1-12(2,3)18-10(17)7-16-9-6-14-5-4-8(9)11(13)15-16;10-9(16)8-5-1-2-11-3-6(5)13(12-8)4-7(14)15;8-7-6-1-2-9-3-5(6)4-10-7;1-2-8-4-7-5-9-3-6(1)7;3-2(4,5)1-6/h4-5,7H,8H2,1-3H3;4-6H,7H2,1-3H3;1-3H,4H2,(H2,10,16)(H,14,15);1-3H,4H2;1-4H,5H2;1H. The summed E-state index contributed by atoms with van der Waals surface area (Å²) < 4.78 is 48.0. The summed E-state index contributed by atoms with van der Waals surface area (Å²) in [7, 11) is 0. The van der Waals surface area contributed by atoms with Crippen molar-refractivity contribution in [1.29, 1.82) is 5.26 Å². The highest BCUT2D eigenvalue weighted by Crippen LogP contribution is 2.22. The summed E-state index contributed by atoms with van der Waals surface area (Å²) in [6.07, 6.45) is 13.0. The molecule has 0 fully saturated rings. The maximum absolute atomic E-state index is 11.8. The normalized spacial score (nSPS) is 11.9. The van der Waals surface area contributed by atoms with Crippen LogP contribution in [0.2, 0.25) is 0 Å². The van der Waals surface area contributed by atoms with Crippen molar-refractivity contribution in [3.63, 3.8) is 0 Å². The number of hydrogen-bond donors (Lipinski definition) is 2. The third-order valence-electron chi connectivity index (χ3n) is 9.72. The van der Waals surface area contributed by atoms with Gasteiger partial charge in [-0.15, -0.1) is 0 Å². The monoisotopic (exact) mass is 1300 g/mol. The van der Waals surface area contributed by atoms with Crippen LogP contribution in [-0.2, 0) is 61.4 Å². The van der Waals surface area contributed by atoms with E-state index in [4.69, 9.17) is 30.4 Å². The molecule has 0 saturated heterocycles. The molecule has 2 aliphatic heterocycles. The number of nitrogens with two attached hydrogens (primary N) is 1. The Labute approximate surface area is 469 Å². The number of aromatic nitrogens is 11. The van der Waals surface area contributed by atoms with Crippen LogP contribution in [0.25, 0.3) is 32.7 Å². The number of carboxylic acid groups (broad SMARTS) is 1. The second kappa shape index (κ2) is 27.2. The van der Waals surface area contributed by atoms with E-state index in [9.17, 15) is 32.3 Å². The summed E-state index contributed by atoms with van der Waals surface area (Å²) in [5, 5.41) is 32.1. The molecule has 8 aromatic rings. The molecule has 0 saturated carbocycles. The molecule has 23 nitrogen and oxygen atoms in total. The lowest BCUT2D eigenvalue weighted by Crippen LogP contribution is -2.26. The first-order chi connectivity index (χ1) is 36.8. The summed E-state index contributed by atoms with van der Waals surface area (Å²) in [5.74, 6) is -2.44. The molecule has 2 aliphatic rings. The Morgan fingerprint density at radius 2 is 1.17 bits per heavy atom. The van der Waals surface area contributed by atoms with Crippen LogP contribution in [0.5, 0.6) is 0 Å². The molecule has 28 heteroatoms. The summed E-state index contributed by atoms with van der Waals surface area (Å²) >= 11 is 4.39. The van der Waals surface area contributed by atoms with Gasteiger partial charge >= 0.3 is 24.1 Å². The number of hydrogen-bond acceptors (Lipinski definition) is 18. The molecular weight excluding hydrogens is 1250 g/mol. The lowest BCUT2D eigenvalue weighted by atomic mass is 10.2. The highest BCUT2D eigenvalue weighted by atomic mass is 127. The minimum atomic E-state index is -4.64. The van der Waals surface area contributed by atoms with Gasteiger partial charge in [-0.2, -0.15) is 33.7 Å². The maximum Gasteiger partial charge on any atom is 0.446 e. The maximum atomic E-state index is 11.8. The summed E-state index contributed by atoms with van der Waals surface area (Å²) in [6.45, 7) is 12.3. The van der Waals surface area contributed by atoms with Gasteiger partial charge in [0.2, 0.25) is 6.29 Å². The second-order valence-electron chi connectivity index (χ2n) is 18.0. The van der Waals surface area contributed by atoms with Crippen molar-refractivity contribution in [1.82, 2.24) is 54.3 Å². The second-order valence-corrected chi connectivity index (χ2v) is 20.1. The summed E-state index contributed by atoms with van der Waals surface area (Å²) in [5.41, 5.74) is 11.3. The predicted molar refractivity (Wildman–Crippen MR) is 294 cm³/mol. The van der Waals surface area contributed by atoms with Crippen molar-refractivity contribution in [3.05, 3.63) is 130 Å². The van der Waals surface area contributed by atoms with Gasteiger partial charge in [0.25, 0.3) is 5.91 Å². The third kappa shape index (κ3) is 18.2. The zero-order valence-electron chi connectivity index (χ0n) is 42.4. The number of rotatable bonds is 7. The van der Waals surface area contributed by atoms with E-state index < -0.39 is 41.5 Å². The van der Waals surface area contributed by atoms with Gasteiger partial charge < -0.3 is 20.3 Å².